The van der Waals surface area contributed by atoms with Crippen LogP contribution in [-0.2, 0) is 4.79 Å². The highest BCUT2D eigenvalue weighted by Gasteiger charge is 2.38. The SMILES string of the molecule is CN(CCO)CC(=O)N(C1CCCC1)C1CC1. The summed E-state index contributed by atoms with van der Waals surface area (Å²) in [6, 6.07) is 1.02. The first kappa shape index (κ1) is 12.8. The predicted molar refractivity (Wildman–Crippen MR) is 66.7 cm³/mol. The summed E-state index contributed by atoms with van der Waals surface area (Å²) in [6.07, 6.45) is 7.29. The summed E-state index contributed by atoms with van der Waals surface area (Å²) >= 11 is 0. The highest BCUT2D eigenvalue weighted by Crippen LogP contribution is 2.34. The first-order valence-corrected chi connectivity index (χ1v) is 6.83. The third-order valence-corrected chi connectivity index (χ3v) is 3.83. The third-order valence-electron chi connectivity index (χ3n) is 3.83. The Hall–Kier alpha value is -0.610. The maximum absolute atomic E-state index is 12.3. The van der Waals surface area contributed by atoms with Gasteiger partial charge >= 0.3 is 0 Å². The van der Waals surface area contributed by atoms with Gasteiger partial charge < -0.3 is 10.0 Å². The second kappa shape index (κ2) is 5.83. The minimum Gasteiger partial charge on any atom is -0.395 e. The van der Waals surface area contributed by atoms with Crippen molar-refractivity contribution in [3.63, 3.8) is 0 Å². The highest BCUT2D eigenvalue weighted by atomic mass is 16.3. The van der Waals surface area contributed by atoms with E-state index in [9.17, 15) is 4.79 Å². The number of aliphatic hydroxyl groups is 1. The van der Waals surface area contributed by atoms with E-state index in [1.165, 1.54) is 38.5 Å². The molecule has 0 atom stereocenters. The van der Waals surface area contributed by atoms with Crippen LogP contribution in [0.1, 0.15) is 38.5 Å². The number of amides is 1. The van der Waals surface area contributed by atoms with E-state index in [-0.39, 0.29) is 12.5 Å². The molecule has 0 aromatic rings. The van der Waals surface area contributed by atoms with E-state index < -0.39 is 0 Å². The summed E-state index contributed by atoms with van der Waals surface area (Å²) in [4.78, 5) is 16.4. The zero-order valence-corrected chi connectivity index (χ0v) is 10.8. The molecule has 0 aromatic heterocycles. The van der Waals surface area contributed by atoms with Crippen molar-refractivity contribution >= 4 is 5.91 Å². The number of carbonyl (C=O) groups excluding carboxylic acids is 1. The number of likely N-dealkylation sites (N-methyl/N-ethyl adjacent to an activating group) is 1. The molecule has 98 valence electrons. The summed E-state index contributed by atoms with van der Waals surface area (Å²) in [5, 5.41) is 8.85. The van der Waals surface area contributed by atoms with Crippen molar-refractivity contribution < 1.29 is 9.90 Å². The van der Waals surface area contributed by atoms with Gasteiger partial charge in [-0.2, -0.15) is 0 Å². The van der Waals surface area contributed by atoms with E-state index in [1.807, 2.05) is 11.9 Å². The first-order valence-electron chi connectivity index (χ1n) is 6.83. The molecule has 2 aliphatic rings. The van der Waals surface area contributed by atoms with Crippen LogP contribution in [0.2, 0.25) is 0 Å². The molecule has 0 saturated heterocycles. The minimum atomic E-state index is 0.122. The van der Waals surface area contributed by atoms with Gasteiger partial charge in [0.15, 0.2) is 0 Å². The monoisotopic (exact) mass is 240 g/mol. The molecule has 2 fully saturated rings. The molecule has 0 bridgehead atoms. The first-order chi connectivity index (χ1) is 8.22. The highest BCUT2D eigenvalue weighted by molar-refractivity contribution is 5.79. The van der Waals surface area contributed by atoms with Crippen molar-refractivity contribution in [2.75, 3.05) is 26.7 Å². The normalized spacial score (nSPS) is 21.1. The molecule has 0 aromatic carbocycles. The molecule has 0 spiro atoms. The van der Waals surface area contributed by atoms with E-state index in [0.717, 1.165) is 0 Å². The Bertz CT molecular complexity index is 260. The quantitative estimate of drug-likeness (QED) is 0.748. The van der Waals surface area contributed by atoms with Gasteiger partial charge in [0.05, 0.1) is 13.2 Å². The Morgan fingerprint density at radius 2 is 1.76 bits per heavy atom. The van der Waals surface area contributed by atoms with Gasteiger partial charge in [-0.25, -0.2) is 0 Å². The average Bonchev–Trinajstić information content (AvgIpc) is 2.94. The average molecular weight is 240 g/mol. The van der Waals surface area contributed by atoms with Crippen LogP contribution in [0.15, 0.2) is 0 Å². The molecule has 17 heavy (non-hydrogen) atoms. The molecule has 2 rings (SSSR count). The van der Waals surface area contributed by atoms with Crippen molar-refractivity contribution in [3.8, 4) is 0 Å². The maximum Gasteiger partial charge on any atom is 0.237 e. The van der Waals surface area contributed by atoms with Gasteiger partial charge in [0.1, 0.15) is 0 Å². The molecule has 4 nitrogen and oxygen atoms in total. The molecule has 0 heterocycles. The number of aliphatic hydroxyl groups excluding tert-OH is 1. The van der Waals surface area contributed by atoms with E-state index in [4.69, 9.17) is 5.11 Å². The van der Waals surface area contributed by atoms with Gasteiger partial charge in [-0.3, -0.25) is 9.69 Å². The molecule has 2 saturated carbocycles. The Kier molecular flexibility index (Phi) is 4.40. The van der Waals surface area contributed by atoms with Gasteiger partial charge in [0, 0.05) is 18.6 Å². The van der Waals surface area contributed by atoms with Crippen molar-refractivity contribution in [2.24, 2.45) is 0 Å². The molecule has 0 unspecified atom stereocenters. The van der Waals surface area contributed by atoms with Crippen LogP contribution in [0.25, 0.3) is 0 Å². The van der Waals surface area contributed by atoms with Gasteiger partial charge in [-0.15, -0.1) is 0 Å². The predicted octanol–water partition coefficient (Wildman–Crippen LogP) is 0.844. The molecule has 4 heteroatoms. The zero-order valence-electron chi connectivity index (χ0n) is 10.8. The summed E-state index contributed by atoms with van der Waals surface area (Å²) in [6.45, 7) is 1.15. The summed E-state index contributed by atoms with van der Waals surface area (Å²) in [7, 11) is 1.90. The summed E-state index contributed by atoms with van der Waals surface area (Å²) in [5.74, 6) is 0.260. The number of carbonyl (C=O) groups is 1. The van der Waals surface area contributed by atoms with E-state index >= 15 is 0 Å². The lowest BCUT2D eigenvalue weighted by Gasteiger charge is -2.30. The van der Waals surface area contributed by atoms with Crippen molar-refractivity contribution in [2.45, 2.75) is 50.6 Å². The van der Waals surface area contributed by atoms with Crippen molar-refractivity contribution in [1.82, 2.24) is 9.80 Å². The fourth-order valence-electron chi connectivity index (χ4n) is 2.80. The minimum absolute atomic E-state index is 0.122. The molecular formula is C13H24N2O2. The lowest BCUT2D eigenvalue weighted by Crippen LogP contribution is -2.45. The van der Waals surface area contributed by atoms with E-state index in [0.29, 0.717) is 25.2 Å². The fraction of sp³-hybridized carbons (Fsp3) is 0.923. The van der Waals surface area contributed by atoms with Gasteiger partial charge in [0.2, 0.25) is 5.91 Å². The fourth-order valence-corrected chi connectivity index (χ4v) is 2.80. The topological polar surface area (TPSA) is 43.8 Å². The molecule has 2 aliphatic carbocycles. The summed E-state index contributed by atoms with van der Waals surface area (Å²) in [5.41, 5.74) is 0. The largest absolute Gasteiger partial charge is 0.395 e. The van der Waals surface area contributed by atoms with Gasteiger partial charge in [-0.1, -0.05) is 12.8 Å². The van der Waals surface area contributed by atoms with Gasteiger partial charge in [0.25, 0.3) is 0 Å². The molecule has 1 amide bonds. The summed E-state index contributed by atoms with van der Waals surface area (Å²) < 4.78 is 0. The Morgan fingerprint density at radius 1 is 1.18 bits per heavy atom. The number of nitrogens with zero attached hydrogens (tertiary/aromatic N) is 2. The Morgan fingerprint density at radius 3 is 2.29 bits per heavy atom. The van der Waals surface area contributed by atoms with Crippen LogP contribution in [0.3, 0.4) is 0 Å². The maximum atomic E-state index is 12.3. The molecule has 1 N–H and O–H groups in total. The molecule has 0 aliphatic heterocycles. The van der Waals surface area contributed by atoms with Crippen LogP contribution in [0.4, 0.5) is 0 Å². The van der Waals surface area contributed by atoms with Crippen molar-refractivity contribution in [1.29, 1.82) is 0 Å². The molecular weight excluding hydrogens is 216 g/mol. The zero-order chi connectivity index (χ0) is 12.3. The standard InChI is InChI=1S/C13H24N2O2/c1-14(8-9-16)10-13(17)15(12-6-7-12)11-4-2-3-5-11/h11-12,16H,2-10H2,1H3. The lowest BCUT2D eigenvalue weighted by atomic mass is 10.2. The van der Waals surface area contributed by atoms with Crippen LogP contribution < -0.4 is 0 Å². The van der Waals surface area contributed by atoms with E-state index in [1.54, 1.807) is 0 Å². The Labute approximate surface area is 104 Å². The second-order valence-electron chi connectivity index (χ2n) is 5.43. The van der Waals surface area contributed by atoms with Crippen LogP contribution in [-0.4, -0.2) is 59.6 Å². The van der Waals surface area contributed by atoms with Crippen LogP contribution in [0.5, 0.6) is 0 Å². The second-order valence-corrected chi connectivity index (χ2v) is 5.43. The van der Waals surface area contributed by atoms with Crippen LogP contribution >= 0.6 is 0 Å². The molecule has 0 radical (unpaired) electrons. The van der Waals surface area contributed by atoms with Crippen LogP contribution in [0, 0.1) is 0 Å². The third kappa shape index (κ3) is 3.42. The van der Waals surface area contributed by atoms with E-state index in [2.05, 4.69) is 4.90 Å². The van der Waals surface area contributed by atoms with Crippen molar-refractivity contribution in [3.05, 3.63) is 0 Å². The number of rotatable bonds is 6. The van der Waals surface area contributed by atoms with Gasteiger partial charge in [-0.05, 0) is 32.7 Å². The number of hydrogen-bond donors (Lipinski definition) is 1. The smallest absolute Gasteiger partial charge is 0.237 e. The lowest BCUT2D eigenvalue weighted by molar-refractivity contribution is -0.135. The Balaban J connectivity index is 1.88. The number of hydrogen-bond acceptors (Lipinski definition) is 3.